The normalized spacial score (nSPS) is 12.1. The lowest BCUT2D eigenvalue weighted by Crippen LogP contribution is -2.36. The highest BCUT2D eigenvalue weighted by molar-refractivity contribution is 5.77. The van der Waals surface area contributed by atoms with Gasteiger partial charge in [0.25, 0.3) is 5.91 Å². The van der Waals surface area contributed by atoms with Gasteiger partial charge < -0.3 is 19.7 Å². The van der Waals surface area contributed by atoms with Crippen LogP contribution in [0.4, 0.5) is 0 Å². The first-order valence-electron chi connectivity index (χ1n) is 9.62. The number of aryl methyl sites for hydroxylation is 1. The Hall–Kier alpha value is -2.53. The van der Waals surface area contributed by atoms with Crippen LogP contribution in [-0.4, -0.2) is 45.2 Å². The van der Waals surface area contributed by atoms with Gasteiger partial charge in [-0.25, -0.2) is 0 Å². The zero-order valence-corrected chi connectivity index (χ0v) is 17.8. The molecule has 28 heavy (non-hydrogen) atoms. The summed E-state index contributed by atoms with van der Waals surface area (Å²) in [6.45, 7) is 6.76. The smallest absolute Gasteiger partial charge is 0.258 e. The molecule has 0 aromatic heterocycles. The van der Waals surface area contributed by atoms with E-state index >= 15 is 0 Å². The minimum Gasteiger partial charge on any atom is -0.497 e. The molecule has 1 N–H and O–H groups in total. The number of hydrogen-bond acceptors (Lipinski definition) is 4. The fourth-order valence-electron chi connectivity index (χ4n) is 2.98. The molecule has 5 heteroatoms. The minimum absolute atomic E-state index is 0.000643. The van der Waals surface area contributed by atoms with E-state index in [9.17, 15) is 4.79 Å². The highest BCUT2D eigenvalue weighted by Gasteiger charge is 2.16. The highest BCUT2D eigenvalue weighted by atomic mass is 16.5. The molecular formula is C23H32N2O3. The second-order valence-electron chi connectivity index (χ2n) is 7.53. The third-order valence-corrected chi connectivity index (χ3v) is 4.83. The van der Waals surface area contributed by atoms with E-state index in [4.69, 9.17) is 9.47 Å². The van der Waals surface area contributed by atoms with Crippen molar-refractivity contribution in [2.45, 2.75) is 32.7 Å². The second-order valence-corrected chi connectivity index (χ2v) is 7.53. The molecule has 0 radical (unpaired) electrons. The van der Waals surface area contributed by atoms with Crippen molar-refractivity contribution < 1.29 is 14.3 Å². The summed E-state index contributed by atoms with van der Waals surface area (Å²) in [7, 11) is 5.64. The Morgan fingerprint density at radius 3 is 2.50 bits per heavy atom. The van der Waals surface area contributed by atoms with Crippen molar-refractivity contribution in [3.63, 3.8) is 0 Å². The number of likely N-dealkylation sites (N-methyl/N-ethyl adjacent to an activating group) is 1. The Labute approximate surface area is 168 Å². The van der Waals surface area contributed by atoms with E-state index in [-0.39, 0.29) is 18.6 Å². The van der Waals surface area contributed by atoms with Crippen LogP contribution in [0, 0.1) is 6.92 Å². The van der Waals surface area contributed by atoms with Crippen molar-refractivity contribution >= 4 is 5.91 Å². The van der Waals surface area contributed by atoms with Gasteiger partial charge >= 0.3 is 0 Å². The van der Waals surface area contributed by atoms with Crippen molar-refractivity contribution in [1.82, 2.24) is 10.2 Å². The van der Waals surface area contributed by atoms with E-state index in [2.05, 4.69) is 30.1 Å². The highest BCUT2D eigenvalue weighted by Crippen LogP contribution is 2.24. The van der Waals surface area contributed by atoms with Gasteiger partial charge in [0, 0.05) is 6.54 Å². The Morgan fingerprint density at radius 1 is 1.11 bits per heavy atom. The van der Waals surface area contributed by atoms with E-state index in [0.717, 1.165) is 22.6 Å². The molecular weight excluding hydrogens is 352 g/mol. The fourth-order valence-corrected chi connectivity index (χ4v) is 2.98. The van der Waals surface area contributed by atoms with Crippen molar-refractivity contribution in [3.05, 3.63) is 59.2 Å². The van der Waals surface area contributed by atoms with Crippen LogP contribution in [-0.2, 0) is 4.79 Å². The van der Waals surface area contributed by atoms with Crippen molar-refractivity contribution in [2.75, 3.05) is 34.4 Å². The Balaban J connectivity index is 1.95. The van der Waals surface area contributed by atoms with E-state index in [0.29, 0.717) is 12.5 Å². The molecule has 1 amide bonds. The van der Waals surface area contributed by atoms with Crippen molar-refractivity contribution in [2.24, 2.45) is 0 Å². The second kappa shape index (κ2) is 10.1. The largest absolute Gasteiger partial charge is 0.497 e. The molecule has 2 aromatic rings. The van der Waals surface area contributed by atoms with Crippen LogP contribution >= 0.6 is 0 Å². The van der Waals surface area contributed by atoms with Crippen LogP contribution in [0.15, 0.2) is 42.5 Å². The van der Waals surface area contributed by atoms with Crippen molar-refractivity contribution in [1.29, 1.82) is 0 Å². The molecule has 0 aliphatic heterocycles. The summed E-state index contributed by atoms with van der Waals surface area (Å²) in [5.41, 5.74) is 3.32. The van der Waals surface area contributed by atoms with E-state index in [1.807, 2.05) is 57.4 Å². The predicted octanol–water partition coefficient (Wildman–Crippen LogP) is 3.92. The zero-order valence-electron chi connectivity index (χ0n) is 17.8. The lowest BCUT2D eigenvalue weighted by Gasteiger charge is -2.25. The minimum atomic E-state index is -0.135. The van der Waals surface area contributed by atoms with Gasteiger partial charge in [-0.3, -0.25) is 4.79 Å². The lowest BCUT2D eigenvalue weighted by molar-refractivity contribution is -0.123. The SMILES string of the molecule is COc1cccc(C(CNC(=O)COc2cc(C(C)C)ccc2C)N(C)C)c1. The number of amides is 1. The van der Waals surface area contributed by atoms with Gasteiger partial charge in [0.1, 0.15) is 11.5 Å². The summed E-state index contributed by atoms with van der Waals surface area (Å²) < 4.78 is 11.1. The van der Waals surface area contributed by atoms with Gasteiger partial charge in [-0.2, -0.15) is 0 Å². The monoisotopic (exact) mass is 384 g/mol. The molecule has 0 saturated carbocycles. The van der Waals surface area contributed by atoms with Crippen LogP contribution in [0.1, 0.15) is 42.5 Å². The molecule has 0 aliphatic rings. The van der Waals surface area contributed by atoms with Gasteiger partial charge in [-0.15, -0.1) is 0 Å². The standard InChI is InChI=1S/C23H32N2O3/c1-16(2)18-11-10-17(3)22(13-18)28-15-23(26)24-14-21(25(4)5)19-8-7-9-20(12-19)27-6/h7-13,16,21H,14-15H2,1-6H3,(H,24,26). The molecule has 0 heterocycles. The molecule has 0 bridgehead atoms. The number of carbonyl (C=O) groups is 1. The molecule has 0 saturated heterocycles. The molecule has 5 nitrogen and oxygen atoms in total. The van der Waals surface area contributed by atoms with E-state index in [1.165, 1.54) is 5.56 Å². The topological polar surface area (TPSA) is 50.8 Å². The van der Waals surface area contributed by atoms with Gasteiger partial charge in [0.05, 0.1) is 13.2 Å². The molecule has 2 aromatic carbocycles. The molecule has 0 aliphatic carbocycles. The first-order chi connectivity index (χ1) is 13.3. The molecule has 2 rings (SSSR count). The molecule has 152 valence electrons. The fraction of sp³-hybridized carbons (Fsp3) is 0.435. The maximum atomic E-state index is 12.3. The van der Waals surface area contributed by atoms with Gasteiger partial charge in [0.15, 0.2) is 6.61 Å². The average molecular weight is 385 g/mol. The van der Waals surface area contributed by atoms with Crippen LogP contribution in [0.2, 0.25) is 0 Å². The van der Waals surface area contributed by atoms with Crippen LogP contribution in [0.3, 0.4) is 0 Å². The van der Waals surface area contributed by atoms with Gasteiger partial charge in [-0.05, 0) is 61.8 Å². The van der Waals surface area contributed by atoms with Crippen LogP contribution in [0.5, 0.6) is 11.5 Å². The summed E-state index contributed by atoms with van der Waals surface area (Å²) >= 11 is 0. The van der Waals surface area contributed by atoms with Gasteiger partial charge in [0.2, 0.25) is 0 Å². The number of nitrogens with zero attached hydrogens (tertiary/aromatic N) is 1. The third-order valence-electron chi connectivity index (χ3n) is 4.83. The summed E-state index contributed by atoms with van der Waals surface area (Å²) in [6.07, 6.45) is 0. The molecule has 1 atom stereocenters. The van der Waals surface area contributed by atoms with Gasteiger partial charge in [-0.1, -0.05) is 38.1 Å². The Morgan fingerprint density at radius 2 is 1.86 bits per heavy atom. The third kappa shape index (κ3) is 5.99. The zero-order chi connectivity index (χ0) is 20.7. The Kier molecular flexibility index (Phi) is 7.88. The number of methoxy groups -OCH3 is 1. The van der Waals surface area contributed by atoms with E-state index in [1.54, 1.807) is 7.11 Å². The lowest BCUT2D eigenvalue weighted by atomic mass is 10.0. The van der Waals surface area contributed by atoms with Crippen LogP contribution < -0.4 is 14.8 Å². The number of ether oxygens (including phenoxy) is 2. The van der Waals surface area contributed by atoms with Crippen LogP contribution in [0.25, 0.3) is 0 Å². The molecule has 0 spiro atoms. The number of carbonyl (C=O) groups excluding carboxylic acids is 1. The summed E-state index contributed by atoms with van der Waals surface area (Å²) in [5, 5.41) is 2.98. The number of rotatable bonds is 9. The maximum absolute atomic E-state index is 12.3. The summed E-state index contributed by atoms with van der Waals surface area (Å²) in [6, 6.07) is 14.1. The number of nitrogens with one attached hydrogen (secondary N) is 1. The summed E-state index contributed by atoms with van der Waals surface area (Å²) in [4.78, 5) is 14.4. The Bertz CT molecular complexity index is 787. The number of benzene rings is 2. The molecule has 1 unspecified atom stereocenters. The van der Waals surface area contributed by atoms with E-state index < -0.39 is 0 Å². The maximum Gasteiger partial charge on any atom is 0.258 e. The van der Waals surface area contributed by atoms with Crippen molar-refractivity contribution in [3.8, 4) is 11.5 Å². The summed E-state index contributed by atoms with van der Waals surface area (Å²) in [5.74, 6) is 1.85. The first kappa shape index (κ1) is 21.8. The first-order valence-corrected chi connectivity index (χ1v) is 9.62. The quantitative estimate of drug-likeness (QED) is 0.712. The predicted molar refractivity (Wildman–Crippen MR) is 113 cm³/mol. The molecule has 0 fully saturated rings. The average Bonchev–Trinajstić information content (AvgIpc) is 2.67. The number of hydrogen-bond donors (Lipinski definition) is 1.